The standard InChI is InChI=1S/C36H30O2/c1-3-11-31(12-4-1)27-37-35-17-9-7-15-33(35)25-23-29-19-21-30(22-20-29)24-26-34-16-8-10-18-36(34)38-28-32-13-5-2-6-14-32/h1-26H,27-28H2/b25-23+,26-24+. The molecule has 5 rings (SSSR count). The van der Waals surface area contributed by atoms with Crippen LogP contribution in [0.2, 0.25) is 0 Å². The highest BCUT2D eigenvalue weighted by Crippen LogP contribution is 2.24. The van der Waals surface area contributed by atoms with Crippen LogP contribution in [0.3, 0.4) is 0 Å². The van der Waals surface area contributed by atoms with Crippen molar-refractivity contribution in [2.45, 2.75) is 13.2 Å². The molecule has 0 aromatic heterocycles. The summed E-state index contributed by atoms with van der Waals surface area (Å²) in [4.78, 5) is 0. The summed E-state index contributed by atoms with van der Waals surface area (Å²) >= 11 is 0. The summed E-state index contributed by atoms with van der Waals surface area (Å²) < 4.78 is 12.2. The van der Waals surface area contributed by atoms with Gasteiger partial charge in [0.05, 0.1) is 0 Å². The molecule has 186 valence electrons. The maximum absolute atomic E-state index is 6.09. The van der Waals surface area contributed by atoms with Crippen LogP contribution in [0.15, 0.2) is 133 Å². The van der Waals surface area contributed by atoms with Gasteiger partial charge in [-0.25, -0.2) is 0 Å². The monoisotopic (exact) mass is 494 g/mol. The Morgan fingerprint density at radius 2 is 0.737 bits per heavy atom. The Hall–Kier alpha value is -4.82. The van der Waals surface area contributed by atoms with Gasteiger partial charge in [0, 0.05) is 11.1 Å². The minimum absolute atomic E-state index is 0.549. The Bertz CT molecular complexity index is 1370. The highest BCUT2D eigenvalue weighted by atomic mass is 16.5. The van der Waals surface area contributed by atoms with Crippen molar-refractivity contribution < 1.29 is 9.47 Å². The number of para-hydroxylation sites is 2. The summed E-state index contributed by atoms with van der Waals surface area (Å²) in [6.07, 6.45) is 8.44. The second-order valence-electron chi connectivity index (χ2n) is 8.96. The molecule has 0 saturated heterocycles. The average molecular weight is 495 g/mol. The van der Waals surface area contributed by atoms with Crippen LogP contribution >= 0.6 is 0 Å². The first-order valence-electron chi connectivity index (χ1n) is 12.8. The van der Waals surface area contributed by atoms with Gasteiger partial charge in [-0.3, -0.25) is 0 Å². The fourth-order valence-corrected chi connectivity index (χ4v) is 4.06. The molecule has 5 aromatic carbocycles. The van der Waals surface area contributed by atoms with Crippen molar-refractivity contribution in [2.75, 3.05) is 0 Å². The lowest BCUT2D eigenvalue weighted by Crippen LogP contribution is -1.96. The molecule has 0 aliphatic carbocycles. The van der Waals surface area contributed by atoms with E-state index < -0.39 is 0 Å². The van der Waals surface area contributed by atoms with Gasteiger partial charge in [-0.15, -0.1) is 0 Å². The molecule has 2 heteroatoms. The second kappa shape index (κ2) is 12.9. The molecule has 2 nitrogen and oxygen atoms in total. The molecule has 0 heterocycles. The van der Waals surface area contributed by atoms with Crippen LogP contribution in [0.25, 0.3) is 24.3 Å². The van der Waals surface area contributed by atoms with Crippen LogP contribution in [-0.2, 0) is 13.2 Å². The molecule has 0 aliphatic rings. The highest BCUT2D eigenvalue weighted by Gasteiger charge is 2.02. The molecule has 0 N–H and O–H groups in total. The van der Waals surface area contributed by atoms with Gasteiger partial charge in [-0.05, 0) is 34.4 Å². The van der Waals surface area contributed by atoms with Crippen LogP contribution in [0.5, 0.6) is 11.5 Å². The third-order valence-electron chi connectivity index (χ3n) is 6.16. The molecule has 0 radical (unpaired) electrons. The van der Waals surface area contributed by atoms with E-state index in [2.05, 4.69) is 85.0 Å². The van der Waals surface area contributed by atoms with Crippen LogP contribution in [0, 0.1) is 0 Å². The number of hydrogen-bond donors (Lipinski definition) is 0. The van der Waals surface area contributed by atoms with Gasteiger partial charge in [-0.1, -0.05) is 146 Å². The molecule has 0 saturated carbocycles. The summed E-state index contributed by atoms with van der Waals surface area (Å²) in [5, 5.41) is 0. The maximum Gasteiger partial charge on any atom is 0.127 e. The number of rotatable bonds is 10. The van der Waals surface area contributed by atoms with E-state index in [-0.39, 0.29) is 0 Å². The van der Waals surface area contributed by atoms with Gasteiger partial charge in [0.15, 0.2) is 0 Å². The predicted molar refractivity (Wildman–Crippen MR) is 159 cm³/mol. The smallest absolute Gasteiger partial charge is 0.127 e. The zero-order valence-electron chi connectivity index (χ0n) is 21.2. The molecule has 0 fully saturated rings. The van der Waals surface area contributed by atoms with Crippen molar-refractivity contribution in [3.8, 4) is 11.5 Å². The van der Waals surface area contributed by atoms with Gasteiger partial charge in [0.25, 0.3) is 0 Å². The lowest BCUT2D eigenvalue weighted by Gasteiger charge is -2.09. The first-order chi connectivity index (χ1) is 18.8. The first-order valence-corrected chi connectivity index (χ1v) is 12.8. The van der Waals surface area contributed by atoms with Gasteiger partial charge < -0.3 is 9.47 Å². The van der Waals surface area contributed by atoms with E-state index in [9.17, 15) is 0 Å². The SMILES string of the molecule is C(=C\c1ccccc1OCc1ccccc1)/c1ccc(/C=C/c2ccccc2OCc2ccccc2)cc1. The quantitative estimate of drug-likeness (QED) is 0.180. The molecular formula is C36H30O2. The normalized spacial score (nSPS) is 11.2. The van der Waals surface area contributed by atoms with E-state index in [0.29, 0.717) is 13.2 Å². The molecule has 38 heavy (non-hydrogen) atoms. The molecule has 0 amide bonds. The van der Waals surface area contributed by atoms with Gasteiger partial charge in [-0.2, -0.15) is 0 Å². The van der Waals surface area contributed by atoms with Crippen molar-refractivity contribution in [1.82, 2.24) is 0 Å². The minimum atomic E-state index is 0.549. The van der Waals surface area contributed by atoms with E-state index >= 15 is 0 Å². The molecule has 0 atom stereocenters. The summed E-state index contributed by atoms with van der Waals surface area (Å²) in [5.41, 5.74) is 6.68. The second-order valence-corrected chi connectivity index (χ2v) is 8.96. The van der Waals surface area contributed by atoms with Crippen molar-refractivity contribution in [3.05, 3.63) is 167 Å². The van der Waals surface area contributed by atoms with Crippen molar-refractivity contribution >= 4 is 24.3 Å². The van der Waals surface area contributed by atoms with Gasteiger partial charge >= 0.3 is 0 Å². The first kappa shape index (κ1) is 24.9. The van der Waals surface area contributed by atoms with Gasteiger partial charge in [0.2, 0.25) is 0 Å². The predicted octanol–water partition coefficient (Wildman–Crippen LogP) is 9.19. The molecule has 0 unspecified atom stereocenters. The van der Waals surface area contributed by atoms with E-state index in [4.69, 9.17) is 9.47 Å². The van der Waals surface area contributed by atoms with Gasteiger partial charge in [0.1, 0.15) is 24.7 Å². The topological polar surface area (TPSA) is 18.5 Å². The van der Waals surface area contributed by atoms with Crippen molar-refractivity contribution in [3.63, 3.8) is 0 Å². The van der Waals surface area contributed by atoms with E-state index in [1.165, 1.54) is 0 Å². The fourth-order valence-electron chi connectivity index (χ4n) is 4.06. The number of ether oxygens (including phenoxy) is 2. The fraction of sp³-hybridized carbons (Fsp3) is 0.0556. The van der Waals surface area contributed by atoms with E-state index in [1.807, 2.05) is 72.8 Å². The number of benzene rings is 5. The third-order valence-corrected chi connectivity index (χ3v) is 6.16. The van der Waals surface area contributed by atoms with E-state index in [0.717, 1.165) is 44.9 Å². The number of hydrogen-bond acceptors (Lipinski definition) is 2. The lowest BCUT2D eigenvalue weighted by molar-refractivity contribution is 0.305. The molecule has 0 aliphatic heterocycles. The highest BCUT2D eigenvalue weighted by molar-refractivity contribution is 5.75. The Morgan fingerprint density at radius 3 is 1.16 bits per heavy atom. The van der Waals surface area contributed by atoms with E-state index in [1.54, 1.807) is 0 Å². The summed E-state index contributed by atoms with van der Waals surface area (Å²) in [6, 6.07) is 45.2. The molecular weight excluding hydrogens is 464 g/mol. The Morgan fingerprint density at radius 1 is 0.368 bits per heavy atom. The molecule has 5 aromatic rings. The van der Waals surface area contributed by atoms with Crippen LogP contribution in [0.4, 0.5) is 0 Å². The average Bonchev–Trinajstić information content (AvgIpc) is 2.99. The Kier molecular flexibility index (Phi) is 8.46. The zero-order valence-corrected chi connectivity index (χ0v) is 21.2. The minimum Gasteiger partial charge on any atom is -0.488 e. The largest absolute Gasteiger partial charge is 0.488 e. The van der Waals surface area contributed by atoms with Crippen LogP contribution in [-0.4, -0.2) is 0 Å². The Labute approximate surface area is 225 Å². The maximum atomic E-state index is 6.09. The molecule has 0 bridgehead atoms. The third kappa shape index (κ3) is 7.11. The summed E-state index contributed by atoms with van der Waals surface area (Å²) in [6.45, 7) is 1.10. The van der Waals surface area contributed by atoms with Crippen molar-refractivity contribution in [2.24, 2.45) is 0 Å². The van der Waals surface area contributed by atoms with Crippen molar-refractivity contribution in [1.29, 1.82) is 0 Å². The lowest BCUT2D eigenvalue weighted by atomic mass is 10.1. The Balaban J connectivity index is 1.22. The summed E-state index contributed by atoms with van der Waals surface area (Å²) in [5.74, 6) is 1.75. The zero-order chi connectivity index (χ0) is 25.8. The molecule has 0 spiro atoms. The summed E-state index contributed by atoms with van der Waals surface area (Å²) in [7, 11) is 0. The van der Waals surface area contributed by atoms with Crippen LogP contribution < -0.4 is 9.47 Å². The van der Waals surface area contributed by atoms with Crippen LogP contribution in [0.1, 0.15) is 33.4 Å².